The van der Waals surface area contributed by atoms with Crippen molar-refractivity contribution >= 4 is 33.5 Å². The highest BCUT2D eigenvalue weighted by atomic mass is 35.5. The van der Waals surface area contributed by atoms with Crippen LogP contribution in [0.15, 0.2) is 77.7 Å². The Morgan fingerprint density at radius 3 is 1.94 bits per heavy atom. The van der Waals surface area contributed by atoms with Gasteiger partial charge in [0.2, 0.25) is 15.9 Å². The number of ether oxygens (including phenoxy) is 1. The van der Waals surface area contributed by atoms with Gasteiger partial charge in [-0.1, -0.05) is 67.3 Å². The first-order valence-electron chi connectivity index (χ1n) is 15.8. The molecule has 3 aromatic carbocycles. The molecule has 1 heterocycles. The van der Waals surface area contributed by atoms with E-state index in [0.717, 1.165) is 18.4 Å². The van der Waals surface area contributed by atoms with E-state index in [-0.39, 0.29) is 24.0 Å². The fourth-order valence-corrected chi connectivity index (χ4v) is 6.97. The van der Waals surface area contributed by atoms with E-state index >= 15 is 8.78 Å². The Balaban J connectivity index is 0.000000727. The number of aliphatic carboxylic acids is 1. The molecule has 5 rings (SSSR count). The fraction of sp³-hybridized carbons (Fsp3) is 0.412. The van der Waals surface area contributed by atoms with Crippen LogP contribution in [0.2, 0.25) is 5.02 Å². The summed E-state index contributed by atoms with van der Waals surface area (Å²) < 4.78 is 98.7. The van der Waals surface area contributed by atoms with Crippen LogP contribution < -0.4 is 15.2 Å². The minimum Gasteiger partial charge on any atom is -0.493 e. The fourth-order valence-electron chi connectivity index (χ4n) is 5.65. The average molecular weight is 746 g/mol. The third-order valence-corrected chi connectivity index (χ3v) is 10.1. The molecule has 2 fully saturated rings. The Morgan fingerprint density at radius 1 is 0.900 bits per heavy atom. The number of carbonyl (C=O) groups is 2. The number of rotatable bonds is 10. The van der Waals surface area contributed by atoms with Gasteiger partial charge in [-0.05, 0) is 72.7 Å². The standard InChI is InChI=1S/C32H36ClF2N3O4S.C2HF3O2/c33-26-12-8-24(9-13-26)23-6-10-25(11-7-23)32(34,35)30(31(39)38-19-18-27(36)20-38)37-43(40,41)29-16-14-28(15-17-29)42-21-22-4-2-1-3-5-22;3-2(4,5)1(6)7/h6-17,22,27,30,37H,1-5,18-21,36H2;(H,6,7)/t27-,30-;/m1./s1. The lowest BCUT2D eigenvalue weighted by Crippen LogP contribution is -2.56. The van der Waals surface area contributed by atoms with Crippen LogP contribution in [0.25, 0.3) is 11.1 Å². The molecule has 0 unspecified atom stereocenters. The lowest BCUT2D eigenvalue weighted by molar-refractivity contribution is -0.192. The van der Waals surface area contributed by atoms with Gasteiger partial charge in [0, 0.05) is 29.7 Å². The van der Waals surface area contributed by atoms with E-state index in [4.69, 9.17) is 32.0 Å². The molecule has 9 nitrogen and oxygen atoms in total. The number of carboxylic acid groups (broad SMARTS) is 1. The maximum absolute atomic E-state index is 16.2. The summed E-state index contributed by atoms with van der Waals surface area (Å²) in [5.74, 6) is -6.71. The average Bonchev–Trinajstić information content (AvgIpc) is 3.53. The van der Waals surface area contributed by atoms with Crippen LogP contribution >= 0.6 is 11.6 Å². The number of hydrogen-bond acceptors (Lipinski definition) is 6. The highest BCUT2D eigenvalue weighted by Gasteiger charge is 2.50. The molecule has 0 aromatic heterocycles. The van der Waals surface area contributed by atoms with E-state index < -0.39 is 45.6 Å². The molecule has 2 aliphatic rings. The molecule has 16 heteroatoms. The Labute approximate surface area is 291 Å². The summed E-state index contributed by atoms with van der Waals surface area (Å²) in [5, 5.41) is 7.67. The van der Waals surface area contributed by atoms with Crippen LogP contribution in [0, 0.1) is 5.92 Å². The Kier molecular flexibility index (Phi) is 12.9. The normalized spacial score (nSPS) is 17.8. The quantitative estimate of drug-likeness (QED) is 0.199. The van der Waals surface area contributed by atoms with Gasteiger partial charge in [-0.15, -0.1) is 0 Å². The van der Waals surface area contributed by atoms with Crippen LogP contribution in [0.4, 0.5) is 22.0 Å². The van der Waals surface area contributed by atoms with E-state index in [2.05, 4.69) is 0 Å². The van der Waals surface area contributed by atoms with Gasteiger partial charge in [0.25, 0.3) is 5.92 Å². The first-order chi connectivity index (χ1) is 23.5. The second kappa shape index (κ2) is 16.5. The summed E-state index contributed by atoms with van der Waals surface area (Å²) in [7, 11) is -4.52. The minimum atomic E-state index is -5.08. The molecule has 2 atom stereocenters. The van der Waals surface area contributed by atoms with Crippen molar-refractivity contribution in [2.75, 3.05) is 19.7 Å². The predicted octanol–water partition coefficient (Wildman–Crippen LogP) is 6.60. The van der Waals surface area contributed by atoms with Crippen LogP contribution in [-0.2, 0) is 25.5 Å². The zero-order chi connectivity index (χ0) is 36.7. The van der Waals surface area contributed by atoms with Crippen LogP contribution in [0.3, 0.4) is 0 Å². The molecule has 0 bridgehead atoms. The zero-order valence-electron chi connectivity index (χ0n) is 26.7. The maximum Gasteiger partial charge on any atom is 0.490 e. The van der Waals surface area contributed by atoms with Crippen molar-refractivity contribution in [1.29, 1.82) is 0 Å². The number of nitrogens with two attached hydrogens (primary N) is 1. The van der Waals surface area contributed by atoms with Crippen LogP contribution in [0.1, 0.15) is 44.1 Å². The molecule has 3 aromatic rings. The predicted molar refractivity (Wildman–Crippen MR) is 176 cm³/mol. The number of hydrogen-bond donors (Lipinski definition) is 3. The zero-order valence-corrected chi connectivity index (χ0v) is 28.3. The summed E-state index contributed by atoms with van der Waals surface area (Å²) in [6.45, 7) is 0.772. The van der Waals surface area contributed by atoms with Gasteiger partial charge in [-0.2, -0.15) is 26.7 Å². The lowest BCUT2D eigenvalue weighted by atomic mass is 9.90. The molecule has 0 radical (unpaired) electrons. The summed E-state index contributed by atoms with van der Waals surface area (Å²) in [6.07, 6.45) is 1.15. The van der Waals surface area contributed by atoms with E-state index in [1.165, 1.54) is 72.7 Å². The van der Waals surface area contributed by atoms with E-state index in [1.807, 2.05) is 4.72 Å². The Hall–Kier alpha value is -3.79. The summed E-state index contributed by atoms with van der Waals surface area (Å²) in [6, 6.07) is 15.2. The highest BCUT2D eigenvalue weighted by Crippen LogP contribution is 2.36. The van der Waals surface area contributed by atoms with E-state index in [0.29, 0.717) is 35.3 Å². The van der Waals surface area contributed by atoms with E-state index in [1.54, 1.807) is 24.3 Å². The van der Waals surface area contributed by atoms with Crippen molar-refractivity contribution in [3.05, 3.63) is 83.4 Å². The topological polar surface area (TPSA) is 139 Å². The van der Waals surface area contributed by atoms with Gasteiger partial charge in [-0.25, -0.2) is 13.2 Å². The summed E-state index contributed by atoms with van der Waals surface area (Å²) in [5.41, 5.74) is 6.86. The third kappa shape index (κ3) is 10.4. The van der Waals surface area contributed by atoms with Crippen LogP contribution in [-0.4, -0.2) is 68.3 Å². The molecule has 50 heavy (non-hydrogen) atoms. The van der Waals surface area contributed by atoms with Crippen molar-refractivity contribution in [3.63, 3.8) is 0 Å². The van der Waals surface area contributed by atoms with Crippen molar-refractivity contribution in [2.24, 2.45) is 11.7 Å². The van der Waals surface area contributed by atoms with Crippen LogP contribution in [0.5, 0.6) is 5.75 Å². The highest BCUT2D eigenvalue weighted by molar-refractivity contribution is 7.89. The van der Waals surface area contributed by atoms with Gasteiger partial charge < -0.3 is 20.5 Å². The smallest absolute Gasteiger partial charge is 0.490 e. The minimum absolute atomic E-state index is 0.0652. The number of likely N-dealkylation sites (tertiary alicyclic amines) is 1. The number of sulfonamides is 1. The molecule has 1 saturated heterocycles. The number of carboxylic acids is 1. The van der Waals surface area contributed by atoms with Gasteiger partial charge in [0.15, 0.2) is 6.04 Å². The van der Waals surface area contributed by atoms with Gasteiger partial charge in [-0.3, -0.25) is 4.79 Å². The number of carbonyl (C=O) groups excluding carboxylic acids is 1. The summed E-state index contributed by atoms with van der Waals surface area (Å²) in [4.78, 5) is 23.3. The number of nitrogens with one attached hydrogen (secondary N) is 1. The number of halogens is 6. The first kappa shape index (κ1) is 39.0. The van der Waals surface area contributed by atoms with Crippen molar-refractivity contribution in [3.8, 4) is 16.9 Å². The number of benzene rings is 3. The van der Waals surface area contributed by atoms with Crippen molar-refractivity contribution in [2.45, 2.75) is 67.6 Å². The van der Waals surface area contributed by atoms with Gasteiger partial charge in [0.05, 0.1) is 11.5 Å². The molecule has 1 amide bonds. The Bertz CT molecular complexity index is 1700. The molecule has 1 aliphatic heterocycles. The molecule has 1 aliphatic carbocycles. The number of amides is 1. The summed E-state index contributed by atoms with van der Waals surface area (Å²) >= 11 is 5.95. The third-order valence-electron chi connectivity index (χ3n) is 8.45. The number of alkyl halides is 5. The Morgan fingerprint density at radius 2 is 1.44 bits per heavy atom. The van der Waals surface area contributed by atoms with E-state index in [9.17, 15) is 26.4 Å². The number of nitrogens with zero attached hydrogens (tertiary/aromatic N) is 1. The molecular formula is C34H37ClF5N3O6S. The lowest BCUT2D eigenvalue weighted by Gasteiger charge is -2.30. The molecule has 0 spiro atoms. The van der Waals surface area contributed by atoms with Crippen molar-refractivity contribution in [1.82, 2.24) is 9.62 Å². The maximum atomic E-state index is 16.2. The molecule has 4 N–H and O–H groups in total. The SMILES string of the molecule is N[C@@H]1CCN(C(=O)[C@@H](NS(=O)(=O)c2ccc(OCC3CCCCC3)cc2)C(F)(F)c2ccc(-c3ccc(Cl)cc3)cc2)C1.O=C(O)C(F)(F)F. The molecular weight excluding hydrogens is 709 g/mol. The van der Waals surface area contributed by atoms with Gasteiger partial charge in [0.1, 0.15) is 5.75 Å². The van der Waals surface area contributed by atoms with Gasteiger partial charge >= 0.3 is 12.1 Å². The molecule has 272 valence electrons. The second-order valence-electron chi connectivity index (χ2n) is 12.2. The molecule has 1 saturated carbocycles. The second-order valence-corrected chi connectivity index (χ2v) is 14.3. The van der Waals surface area contributed by atoms with Crippen molar-refractivity contribution < 1.29 is 49.8 Å². The monoisotopic (exact) mass is 745 g/mol. The largest absolute Gasteiger partial charge is 0.493 e. The first-order valence-corrected chi connectivity index (χ1v) is 17.7.